The SMILES string of the molecule is Cc1cc([N+](=O)[O-])ccc1NC(=O)Nc1cn[nH]c1. The molecule has 0 saturated carbocycles. The second kappa shape index (κ2) is 5.17. The van der Waals surface area contributed by atoms with Gasteiger partial charge in [-0.3, -0.25) is 15.2 Å². The van der Waals surface area contributed by atoms with Gasteiger partial charge >= 0.3 is 6.03 Å². The number of carbonyl (C=O) groups is 1. The molecule has 0 aliphatic rings. The average Bonchev–Trinajstić information content (AvgIpc) is 2.84. The summed E-state index contributed by atoms with van der Waals surface area (Å²) in [5.41, 5.74) is 1.62. The molecule has 0 aliphatic heterocycles. The van der Waals surface area contributed by atoms with Crippen LogP contribution in [0.2, 0.25) is 0 Å². The van der Waals surface area contributed by atoms with Crippen LogP contribution in [0, 0.1) is 17.0 Å². The Morgan fingerprint density at radius 1 is 1.42 bits per heavy atom. The van der Waals surface area contributed by atoms with E-state index in [9.17, 15) is 14.9 Å². The third-order valence-electron chi connectivity index (χ3n) is 2.43. The van der Waals surface area contributed by atoms with Crippen molar-refractivity contribution in [1.82, 2.24) is 10.2 Å². The van der Waals surface area contributed by atoms with Crippen LogP contribution in [-0.4, -0.2) is 21.2 Å². The van der Waals surface area contributed by atoms with Gasteiger partial charge < -0.3 is 10.6 Å². The number of urea groups is 1. The van der Waals surface area contributed by atoms with Crippen LogP contribution in [0.3, 0.4) is 0 Å². The molecule has 2 rings (SSSR count). The Morgan fingerprint density at radius 2 is 2.21 bits per heavy atom. The van der Waals surface area contributed by atoms with Gasteiger partial charge in [-0.05, 0) is 18.6 Å². The molecule has 98 valence electrons. The van der Waals surface area contributed by atoms with E-state index in [4.69, 9.17) is 0 Å². The predicted octanol–water partition coefficient (Wildman–Crippen LogP) is 2.27. The van der Waals surface area contributed by atoms with Gasteiger partial charge in [0.25, 0.3) is 5.69 Å². The lowest BCUT2D eigenvalue weighted by molar-refractivity contribution is -0.384. The van der Waals surface area contributed by atoms with Gasteiger partial charge in [-0.2, -0.15) is 5.10 Å². The molecule has 1 aromatic heterocycles. The molecule has 0 saturated heterocycles. The number of nitrogens with one attached hydrogen (secondary N) is 3. The van der Waals surface area contributed by atoms with Crippen molar-refractivity contribution >= 4 is 23.1 Å². The maximum atomic E-state index is 11.7. The Labute approximate surface area is 108 Å². The summed E-state index contributed by atoms with van der Waals surface area (Å²) in [5.74, 6) is 0. The minimum Gasteiger partial charge on any atom is -0.307 e. The Bertz CT molecular complexity index is 609. The van der Waals surface area contributed by atoms with Crippen LogP contribution in [0.15, 0.2) is 30.6 Å². The molecule has 0 radical (unpaired) electrons. The topological polar surface area (TPSA) is 113 Å². The number of H-pyrrole nitrogens is 1. The fourth-order valence-electron chi connectivity index (χ4n) is 1.51. The van der Waals surface area contributed by atoms with Crippen LogP contribution in [0.25, 0.3) is 0 Å². The van der Waals surface area contributed by atoms with Crippen LogP contribution in [-0.2, 0) is 0 Å². The van der Waals surface area contributed by atoms with Crippen molar-refractivity contribution in [1.29, 1.82) is 0 Å². The average molecular weight is 261 g/mol. The summed E-state index contributed by atoms with van der Waals surface area (Å²) in [6, 6.07) is 3.77. The van der Waals surface area contributed by atoms with Gasteiger partial charge in [-0.1, -0.05) is 0 Å². The molecular formula is C11H11N5O3. The first-order valence-corrected chi connectivity index (χ1v) is 5.38. The van der Waals surface area contributed by atoms with E-state index in [-0.39, 0.29) is 5.69 Å². The van der Waals surface area contributed by atoms with E-state index in [0.717, 1.165) is 0 Å². The molecule has 8 nitrogen and oxygen atoms in total. The molecule has 0 unspecified atom stereocenters. The third kappa shape index (κ3) is 3.06. The van der Waals surface area contributed by atoms with Crippen LogP contribution in [0.5, 0.6) is 0 Å². The summed E-state index contributed by atoms with van der Waals surface area (Å²) in [6.07, 6.45) is 2.99. The second-order valence-electron chi connectivity index (χ2n) is 3.82. The Morgan fingerprint density at radius 3 is 2.79 bits per heavy atom. The number of amides is 2. The number of benzene rings is 1. The predicted molar refractivity (Wildman–Crippen MR) is 69.1 cm³/mol. The van der Waals surface area contributed by atoms with Crippen molar-refractivity contribution in [3.8, 4) is 0 Å². The van der Waals surface area contributed by atoms with Gasteiger partial charge in [0.15, 0.2) is 0 Å². The van der Waals surface area contributed by atoms with E-state index in [1.165, 1.54) is 30.6 Å². The number of nitro benzene ring substituents is 1. The molecule has 0 bridgehead atoms. The number of nitro groups is 1. The number of rotatable bonds is 3. The molecule has 1 aromatic carbocycles. The first kappa shape index (κ1) is 12.6. The van der Waals surface area contributed by atoms with E-state index in [1.54, 1.807) is 6.92 Å². The van der Waals surface area contributed by atoms with E-state index < -0.39 is 11.0 Å². The maximum absolute atomic E-state index is 11.7. The highest BCUT2D eigenvalue weighted by molar-refractivity contribution is 6.00. The lowest BCUT2D eigenvalue weighted by atomic mass is 10.2. The lowest BCUT2D eigenvalue weighted by Crippen LogP contribution is -2.19. The summed E-state index contributed by atoms with van der Waals surface area (Å²) >= 11 is 0. The molecule has 1 heterocycles. The van der Waals surface area contributed by atoms with Crippen molar-refractivity contribution in [2.75, 3.05) is 10.6 Å². The number of nitrogens with zero attached hydrogens (tertiary/aromatic N) is 2. The smallest absolute Gasteiger partial charge is 0.307 e. The van der Waals surface area contributed by atoms with Gasteiger partial charge in [-0.25, -0.2) is 4.79 Å². The minimum atomic E-state index is -0.484. The molecule has 2 aromatic rings. The van der Waals surface area contributed by atoms with Crippen LogP contribution in [0.1, 0.15) is 5.56 Å². The van der Waals surface area contributed by atoms with Crippen molar-refractivity contribution < 1.29 is 9.72 Å². The second-order valence-corrected chi connectivity index (χ2v) is 3.82. The van der Waals surface area contributed by atoms with Crippen LogP contribution < -0.4 is 10.6 Å². The standard InChI is InChI=1S/C11H11N5O3/c1-7-4-9(16(18)19)2-3-10(7)15-11(17)14-8-5-12-13-6-8/h2-6H,1H3,(H,12,13)(H2,14,15,17). The molecule has 0 spiro atoms. The maximum Gasteiger partial charge on any atom is 0.323 e. The number of aromatic amines is 1. The molecule has 0 atom stereocenters. The Kier molecular flexibility index (Phi) is 3.42. The normalized spacial score (nSPS) is 9.95. The summed E-state index contributed by atoms with van der Waals surface area (Å²) in [5, 5.41) is 22.0. The van der Waals surface area contributed by atoms with Gasteiger partial charge in [-0.15, -0.1) is 0 Å². The zero-order valence-corrected chi connectivity index (χ0v) is 10.0. The monoisotopic (exact) mass is 261 g/mol. The minimum absolute atomic E-state index is 0.0155. The van der Waals surface area contributed by atoms with Crippen molar-refractivity contribution in [3.05, 3.63) is 46.3 Å². The third-order valence-corrected chi connectivity index (χ3v) is 2.43. The summed E-state index contributed by atoms with van der Waals surface area (Å²) in [4.78, 5) is 21.8. The van der Waals surface area contributed by atoms with Gasteiger partial charge in [0.2, 0.25) is 0 Å². The quantitative estimate of drug-likeness (QED) is 0.580. The number of hydrogen-bond donors (Lipinski definition) is 3. The molecule has 19 heavy (non-hydrogen) atoms. The highest BCUT2D eigenvalue weighted by Gasteiger charge is 2.10. The zero-order chi connectivity index (χ0) is 13.8. The number of hydrogen-bond acceptors (Lipinski definition) is 4. The molecular weight excluding hydrogens is 250 g/mol. The highest BCUT2D eigenvalue weighted by Crippen LogP contribution is 2.21. The number of anilines is 2. The fourth-order valence-corrected chi connectivity index (χ4v) is 1.51. The first-order chi connectivity index (χ1) is 9.06. The van der Waals surface area contributed by atoms with Gasteiger partial charge in [0.1, 0.15) is 0 Å². The van der Waals surface area contributed by atoms with Gasteiger partial charge in [0, 0.05) is 24.0 Å². The molecule has 3 N–H and O–H groups in total. The highest BCUT2D eigenvalue weighted by atomic mass is 16.6. The van der Waals surface area contributed by atoms with E-state index in [2.05, 4.69) is 20.8 Å². The van der Waals surface area contributed by atoms with E-state index in [1.807, 2.05) is 0 Å². The molecule has 2 amide bonds. The van der Waals surface area contributed by atoms with Crippen molar-refractivity contribution in [2.45, 2.75) is 6.92 Å². The molecule has 0 fully saturated rings. The number of carbonyl (C=O) groups excluding carboxylic acids is 1. The Hall–Kier alpha value is -2.90. The van der Waals surface area contributed by atoms with E-state index in [0.29, 0.717) is 16.9 Å². The number of non-ortho nitro benzene ring substituents is 1. The lowest BCUT2D eigenvalue weighted by Gasteiger charge is -2.08. The first-order valence-electron chi connectivity index (χ1n) is 5.38. The van der Waals surface area contributed by atoms with E-state index >= 15 is 0 Å². The van der Waals surface area contributed by atoms with Crippen LogP contribution in [0.4, 0.5) is 21.9 Å². The molecule has 8 heteroatoms. The largest absolute Gasteiger partial charge is 0.323 e. The summed E-state index contributed by atoms with van der Waals surface area (Å²) < 4.78 is 0. The molecule has 0 aliphatic carbocycles. The number of aryl methyl sites for hydroxylation is 1. The van der Waals surface area contributed by atoms with Crippen molar-refractivity contribution in [2.24, 2.45) is 0 Å². The fraction of sp³-hybridized carbons (Fsp3) is 0.0909. The van der Waals surface area contributed by atoms with Crippen molar-refractivity contribution in [3.63, 3.8) is 0 Å². The number of aromatic nitrogens is 2. The van der Waals surface area contributed by atoms with Crippen LogP contribution >= 0.6 is 0 Å². The summed E-state index contributed by atoms with van der Waals surface area (Å²) in [6.45, 7) is 1.68. The van der Waals surface area contributed by atoms with Gasteiger partial charge in [0.05, 0.1) is 16.8 Å². The Balaban J connectivity index is 2.07. The zero-order valence-electron chi connectivity index (χ0n) is 10.0. The summed E-state index contributed by atoms with van der Waals surface area (Å²) in [7, 11) is 0.